The summed E-state index contributed by atoms with van der Waals surface area (Å²) >= 11 is 0. The number of anilines is 3. The highest BCUT2D eigenvalue weighted by molar-refractivity contribution is 6.07. The second-order valence-corrected chi connectivity index (χ2v) is 9.87. The Kier molecular flexibility index (Phi) is 6.42. The zero-order valence-electron chi connectivity index (χ0n) is 21.6. The molecule has 3 N–H and O–H groups in total. The van der Waals surface area contributed by atoms with Crippen LogP contribution in [0, 0.1) is 5.82 Å². The third-order valence-electron chi connectivity index (χ3n) is 7.09. The molecule has 1 saturated heterocycles. The first kappa shape index (κ1) is 24.3. The number of ether oxygens (including phenoxy) is 1. The average Bonchev–Trinajstić information content (AvgIpc) is 3.52. The Labute approximate surface area is 220 Å². The molecular formula is C28H31FN8O. The number of rotatable bonds is 7. The van der Waals surface area contributed by atoms with Crippen molar-refractivity contribution in [1.29, 1.82) is 0 Å². The lowest BCUT2D eigenvalue weighted by Crippen LogP contribution is -2.37. The van der Waals surface area contributed by atoms with Gasteiger partial charge in [-0.25, -0.2) is 14.4 Å². The number of hydrogen-bond acceptors (Lipinski definition) is 8. The number of halogens is 1. The minimum Gasteiger partial charge on any atom is -0.383 e. The van der Waals surface area contributed by atoms with Crippen molar-refractivity contribution in [3.63, 3.8) is 0 Å². The number of hydrogen-bond donors (Lipinski definition) is 2. The summed E-state index contributed by atoms with van der Waals surface area (Å²) in [5.41, 5.74) is 13.7. The van der Waals surface area contributed by atoms with Gasteiger partial charge in [0.15, 0.2) is 0 Å². The van der Waals surface area contributed by atoms with E-state index in [-0.39, 0.29) is 5.82 Å². The van der Waals surface area contributed by atoms with E-state index in [0.717, 1.165) is 84.5 Å². The zero-order valence-corrected chi connectivity index (χ0v) is 21.6. The van der Waals surface area contributed by atoms with Crippen LogP contribution in [0.2, 0.25) is 0 Å². The number of pyridine rings is 2. The van der Waals surface area contributed by atoms with Gasteiger partial charge in [-0.2, -0.15) is 0 Å². The maximum Gasteiger partial charge on any atom is 0.140 e. The van der Waals surface area contributed by atoms with E-state index in [4.69, 9.17) is 15.5 Å². The van der Waals surface area contributed by atoms with E-state index in [1.165, 1.54) is 12.1 Å². The largest absolute Gasteiger partial charge is 0.383 e. The third-order valence-corrected chi connectivity index (χ3v) is 7.09. The third kappa shape index (κ3) is 4.57. The molecule has 6 rings (SSSR count). The molecule has 5 heterocycles. The molecule has 0 aliphatic carbocycles. The van der Waals surface area contributed by atoms with E-state index in [9.17, 15) is 4.39 Å². The normalized spacial score (nSPS) is 15.3. The highest BCUT2D eigenvalue weighted by atomic mass is 19.1. The van der Waals surface area contributed by atoms with Crippen LogP contribution in [-0.2, 0) is 17.7 Å². The molecular weight excluding hydrogens is 483 g/mol. The number of nitrogens with two attached hydrogens (primary N) is 1. The Morgan fingerprint density at radius 1 is 1.13 bits per heavy atom. The molecule has 0 spiro atoms. The van der Waals surface area contributed by atoms with Crippen molar-refractivity contribution in [3.05, 3.63) is 71.4 Å². The molecule has 0 radical (unpaired) electrons. The van der Waals surface area contributed by atoms with Crippen molar-refractivity contribution < 1.29 is 9.13 Å². The fourth-order valence-electron chi connectivity index (χ4n) is 5.15. The summed E-state index contributed by atoms with van der Waals surface area (Å²) in [6.45, 7) is 4.55. The van der Waals surface area contributed by atoms with Crippen LogP contribution in [-0.4, -0.2) is 72.0 Å². The summed E-state index contributed by atoms with van der Waals surface area (Å²) in [4.78, 5) is 18.5. The summed E-state index contributed by atoms with van der Waals surface area (Å²) in [5.74, 6) is 0.932. The fourth-order valence-corrected chi connectivity index (χ4v) is 5.15. The van der Waals surface area contributed by atoms with Gasteiger partial charge in [0.2, 0.25) is 0 Å². The molecule has 0 atom stereocenters. The van der Waals surface area contributed by atoms with Crippen LogP contribution in [0.25, 0.3) is 16.9 Å². The van der Waals surface area contributed by atoms with Gasteiger partial charge < -0.3 is 25.6 Å². The summed E-state index contributed by atoms with van der Waals surface area (Å²) in [6, 6.07) is 11.1. The van der Waals surface area contributed by atoms with E-state index in [1.54, 1.807) is 12.4 Å². The van der Waals surface area contributed by atoms with Crippen LogP contribution in [0.3, 0.4) is 0 Å². The predicted octanol–water partition coefficient (Wildman–Crippen LogP) is 3.44. The molecule has 0 bridgehead atoms. The van der Waals surface area contributed by atoms with Crippen LogP contribution in [0.4, 0.5) is 21.6 Å². The molecule has 3 aromatic heterocycles. The van der Waals surface area contributed by atoms with Gasteiger partial charge in [-0.3, -0.25) is 9.39 Å². The fraction of sp³-hybridized carbons (Fsp3) is 0.321. The molecule has 4 aromatic rings. The molecule has 1 fully saturated rings. The number of morpholine rings is 1. The lowest BCUT2D eigenvalue weighted by atomic mass is 9.98. The molecule has 38 heavy (non-hydrogen) atoms. The van der Waals surface area contributed by atoms with Crippen molar-refractivity contribution >= 4 is 28.7 Å². The lowest BCUT2D eigenvalue weighted by molar-refractivity contribution is 0.122. The summed E-state index contributed by atoms with van der Waals surface area (Å²) in [5, 5.41) is 3.51. The summed E-state index contributed by atoms with van der Waals surface area (Å²) in [6.07, 6.45) is 4.29. The van der Waals surface area contributed by atoms with Crippen molar-refractivity contribution in [2.24, 2.45) is 10.7 Å². The molecule has 196 valence electrons. The van der Waals surface area contributed by atoms with E-state index < -0.39 is 0 Å². The van der Waals surface area contributed by atoms with Gasteiger partial charge >= 0.3 is 0 Å². The zero-order chi connectivity index (χ0) is 26.2. The van der Waals surface area contributed by atoms with Gasteiger partial charge in [-0.1, -0.05) is 6.07 Å². The highest BCUT2D eigenvalue weighted by Crippen LogP contribution is 2.36. The number of imidazole rings is 1. The minimum absolute atomic E-state index is 0.316. The van der Waals surface area contributed by atoms with Crippen molar-refractivity contribution in [3.8, 4) is 11.3 Å². The second-order valence-electron chi connectivity index (χ2n) is 9.87. The second kappa shape index (κ2) is 10.0. The molecule has 10 heteroatoms. The van der Waals surface area contributed by atoms with Gasteiger partial charge in [0.1, 0.15) is 23.1 Å². The van der Waals surface area contributed by atoms with E-state index in [0.29, 0.717) is 18.0 Å². The number of likely N-dealkylation sites (N-methyl/N-ethyl adjacent to an activating group) is 1. The molecule has 0 unspecified atom stereocenters. The maximum atomic E-state index is 13.7. The SMILES string of the molecule is CN(C)CCc1nc(Nc2ccc(-c3cnc4cc(F)ccn34)c3c2C(N)=NC3)ccc1N1CCOCC1. The monoisotopic (exact) mass is 514 g/mol. The average molecular weight is 515 g/mol. The van der Waals surface area contributed by atoms with Crippen LogP contribution in [0.15, 0.2) is 53.8 Å². The van der Waals surface area contributed by atoms with Crippen LogP contribution in [0.1, 0.15) is 16.8 Å². The topological polar surface area (TPSA) is 96.3 Å². The number of amidine groups is 1. The number of nitrogens with one attached hydrogen (secondary N) is 1. The Morgan fingerprint density at radius 2 is 1.97 bits per heavy atom. The van der Waals surface area contributed by atoms with Gasteiger partial charge in [-0.05, 0) is 43.9 Å². The molecule has 0 saturated carbocycles. The van der Waals surface area contributed by atoms with Crippen LogP contribution >= 0.6 is 0 Å². The number of benzene rings is 1. The van der Waals surface area contributed by atoms with E-state index >= 15 is 0 Å². The van der Waals surface area contributed by atoms with E-state index in [2.05, 4.69) is 45.3 Å². The minimum atomic E-state index is -0.316. The highest BCUT2D eigenvalue weighted by Gasteiger charge is 2.24. The van der Waals surface area contributed by atoms with Crippen molar-refractivity contribution in [1.82, 2.24) is 19.3 Å². The Bertz CT molecular complexity index is 1520. The standard InChI is InChI=1S/C28H31FN8O/c1-35(2)9-8-21-23(36-11-13-38-14-12-36)5-6-25(33-21)34-22-4-3-19(20-16-32-28(30)27(20)22)24-17-31-26-15-18(29)7-10-37(24)26/h3-7,10,15,17H,8-9,11-14,16H2,1-2H3,(H2,30,32)(H,33,34). The number of nitrogens with zero attached hydrogens (tertiary/aromatic N) is 6. The smallest absolute Gasteiger partial charge is 0.140 e. The number of aromatic nitrogens is 3. The molecule has 2 aliphatic rings. The summed E-state index contributed by atoms with van der Waals surface area (Å²) in [7, 11) is 4.15. The van der Waals surface area contributed by atoms with Gasteiger partial charge in [0, 0.05) is 49.4 Å². The predicted molar refractivity (Wildman–Crippen MR) is 148 cm³/mol. The van der Waals surface area contributed by atoms with Gasteiger partial charge in [0.05, 0.1) is 48.7 Å². The maximum absolute atomic E-state index is 13.7. The van der Waals surface area contributed by atoms with Crippen LogP contribution in [0.5, 0.6) is 0 Å². The molecule has 9 nitrogen and oxygen atoms in total. The number of fused-ring (bicyclic) bond motifs is 2. The first-order valence-corrected chi connectivity index (χ1v) is 12.8. The Morgan fingerprint density at radius 3 is 2.79 bits per heavy atom. The Hall–Kier alpha value is -4.02. The summed E-state index contributed by atoms with van der Waals surface area (Å²) < 4.78 is 21.1. The molecule has 1 aromatic carbocycles. The van der Waals surface area contributed by atoms with Crippen LogP contribution < -0.4 is 16.0 Å². The molecule has 2 aliphatic heterocycles. The van der Waals surface area contributed by atoms with E-state index in [1.807, 2.05) is 22.6 Å². The van der Waals surface area contributed by atoms with Crippen molar-refractivity contribution in [2.45, 2.75) is 13.0 Å². The van der Waals surface area contributed by atoms with Crippen molar-refractivity contribution in [2.75, 3.05) is 57.2 Å². The van der Waals surface area contributed by atoms with Gasteiger partial charge in [-0.15, -0.1) is 0 Å². The van der Waals surface area contributed by atoms with Gasteiger partial charge in [0.25, 0.3) is 0 Å². The Balaban J connectivity index is 1.35. The quantitative estimate of drug-likeness (QED) is 0.390. The first-order chi connectivity index (χ1) is 18.5. The first-order valence-electron chi connectivity index (χ1n) is 12.8. The number of aliphatic imine (C=N–C) groups is 1. The lowest BCUT2D eigenvalue weighted by Gasteiger charge is -2.30. The molecule has 0 amide bonds.